The highest BCUT2D eigenvalue weighted by Crippen LogP contribution is 2.29. The Balaban J connectivity index is 1.88. The van der Waals surface area contributed by atoms with Gasteiger partial charge in [0, 0.05) is 5.56 Å². The van der Waals surface area contributed by atoms with E-state index in [1.54, 1.807) is 6.07 Å². The molecule has 0 aliphatic heterocycles. The van der Waals surface area contributed by atoms with Crippen molar-refractivity contribution in [2.45, 2.75) is 39.5 Å². The summed E-state index contributed by atoms with van der Waals surface area (Å²) in [6.45, 7) is 4.31. The first-order valence-electron chi connectivity index (χ1n) is 9.16. The maximum Gasteiger partial charge on any atom is 0.131 e. The zero-order chi connectivity index (χ0) is 17.6. The first-order valence-corrected chi connectivity index (χ1v) is 9.16. The molecule has 128 valence electrons. The van der Waals surface area contributed by atoms with Gasteiger partial charge in [-0.1, -0.05) is 81.0 Å². The minimum Gasteiger partial charge on any atom is -0.206 e. The average Bonchev–Trinajstić information content (AvgIpc) is 2.88. The Labute approximate surface area is 150 Å². The molecule has 0 saturated carbocycles. The molecule has 3 rings (SSSR count). The SMILES string of the molecule is CCCC1=CC=C(c2ccc(-c3ccc(CC)cc3)c(F)c2)CC=C1. The Kier molecular flexibility index (Phi) is 5.65. The molecule has 0 amide bonds. The van der Waals surface area contributed by atoms with Crippen LogP contribution in [0, 0.1) is 5.82 Å². The van der Waals surface area contributed by atoms with Crippen LogP contribution in [0.3, 0.4) is 0 Å². The minimum absolute atomic E-state index is 0.159. The van der Waals surface area contributed by atoms with E-state index in [2.05, 4.69) is 50.3 Å². The standard InChI is InChI=1S/C24H25F/c1-3-6-19-7-5-8-20(12-11-19)22-15-16-23(24(25)17-22)21-13-9-18(4-2)10-14-21/h5,7,9-17H,3-4,6,8H2,1-2H3. The topological polar surface area (TPSA) is 0 Å². The van der Waals surface area contributed by atoms with Crippen LogP contribution in [0.4, 0.5) is 4.39 Å². The molecule has 2 aromatic carbocycles. The van der Waals surface area contributed by atoms with E-state index in [1.165, 1.54) is 11.1 Å². The molecule has 25 heavy (non-hydrogen) atoms. The lowest BCUT2D eigenvalue weighted by Crippen LogP contribution is -1.90. The fourth-order valence-electron chi connectivity index (χ4n) is 3.21. The predicted molar refractivity (Wildman–Crippen MR) is 106 cm³/mol. The van der Waals surface area contributed by atoms with Crippen molar-refractivity contribution in [3.63, 3.8) is 0 Å². The Morgan fingerprint density at radius 3 is 2.36 bits per heavy atom. The van der Waals surface area contributed by atoms with Crippen LogP contribution in [0.15, 0.2) is 72.3 Å². The lowest BCUT2D eigenvalue weighted by Gasteiger charge is -2.09. The quantitative estimate of drug-likeness (QED) is 0.546. The summed E-state index contributed by atoms with van der Waals surface area (Å²) in [6, 6.07) is 13.8. The smallest absolute Gasteiger partial charge is 0.131 e. The monoisotopic (exact) mass is 332 g/mol. The number of hydrogen-bond donors (Lipinski definition) is 0. The van der Waals surface area contributed by atoms with Gasteiger partial charge < -0.3 is 0 Å². The van der Waals surface area contributed by atoms with Crippen LogP contribution in [-0.2, 0) is 6.42 Å². The van der Waals surface area contributed by atoms with Gasteiger partial charge in [-0.3, -0.25) is 0 Å². The lowest BCUT2D eigenvalue weighted by atomic mass is 9.97. The van der Waals surface area contributed by atoms with E-state index >= 15 is 0 Å². The Morgan fingerprint density at radius 1 is 0.920 bits per heavy atom. The van der Waals surface area contributed by atoms with E-state index in [1.807, 2.05) is 24.3 Å². The maximum absolute atomic E-state index is 14.7. The molecule has 0 saturated heterocycles. The van der Waals surface area contributed by atoms with Crippen molar-refractivity contribution >= 4 is 5.57 Å². The van der Waals surface area contributed by atoms with Gasteiger partial charge >= 0.3 is 0 Å². The molecule has 0 spiro atoms. The van der Waals surface area contributed by atoms with Crippen molar-refractivity contribution in [3.8, 4) is 11.1 Å². The number of aryl methyl sites for hydroxylation is 1. The van der Waals surface area contributed by atoms with Gasteiger partial charge in [-0.2, -0.15) is 0 Å². The second-order valence-corrected chi connectivity index (χ2v) is 6.54. The lowest BCUT2D eigenvalue weighted by molar-refractivity contribution is 0.631. The van der Waals surface area contributed by atoms with E-state index in [9.17, 15) is 4.39 Å². The fraction of sp³-hybridized carbons (Fsp3) is 0.250. The second kappa shape index (κ2) is 8.11. The van der Waals surface area contributed by atoms with Gasteiger partial charge in [-0.25, -0.2) is 4.39 Å². The Morgan fingerprint density at radius 2 is 1.68 bits per heavy atom. The van der Waals surface area contributed by atoms with E-state index < -0.39 is 0 Å². The molecule has 1 aliphatic carbocycles. The van der Waals surface area contributed by atoms with Crippen LogP contribution in [-0.4, -0.2) is 0 Å². The molecule has 0 aromatic heterocycles. The third-order valence-electron chi connectivity index (χ3n) is 4.72. The summed E-state index contributed by atoms with van der Waals surface area (Å²) in [5.41, 5.74) is 6.33. The van der Waals surface area contributed by atoms with Gasteiger partial charge in [0.05, 0.1) is 0 Å². The molecule has 2 aromatic rings. The highest BCUT2D eigenvalue weighted by atomic mass is 19.1. The molecule has 0 heterocycles. The number of allylic oxidation sites excluding steroid dienone is 6. The number of benzene rings is 2. The zero-order valence-electron chi connectivity index (χ0n) is 15.1. The van der Waals surface area contributed by atoms with E-state index in [0.717, 1.165) is 42.4 Å². The maximum atomic E-state index is 14.7. The van der Waals surface area contributed by atoms with Gasteiger partial charge in [0.15, 0.2) is 0 Å². The third kappa shape index (κ3) is 4.17. The van der Waals surface area contributed by atoms with Crippen molar-refractivity contribution in [2.75, 3.05) is 0 Å². The molecule has 0 atom stereocenters. The van der Waals surface area contributed by atoms with Crippen molar-refractivity contribution < 1.29 is 4.39 Å². The highest BCUT2D eigenvalue weighted by Gasteiger charge is 2.09. The summed E-state index contributed by atoms with van der Waals surface area (Å²) in [5, 5.41) is 0. The van der Waals surface area contributed by atoms with Gasteiger partial charge in [-0.15, -0.1) is 0 Å². The molecule has 0 nitrogen and oxygen atoms in total. The largest absolute Gasteiger partial charge is 0.206 e. The predicted octanol–water partition coefficient (Wildman–Crippen LogP) is 7.12. The number of rotatable bonds is 5. The molecular weight excluding hydrogens is 307 g/mol. The van der Waals surface area contributed by atoms with E-state index in [-0.39, 0.29) is 5.82 Å². The fourth-order valence-corrected chi connectivity index (χ4v) is 3.21. The molecule has 0 radical (unpaired) electrons. The summed E-state index contributed by atoms with van der Waals surface area (Å²) >= 11 is 0. The molecule has 0 N–H and O–H groups in total. The van der Waals surface area contributed by atoms with Crippen LogP contribution in [0.1, 0.15) is 44.2 Å². The molecule has 1 heteroatoms. The first-order chi connectivity index (χ1) is 12.2. The van der Waals surface area contributed by atoms with Crippen molar-refractivity contribution in [1.29, 1.82) is 0 Å². The van der Waals surface area contributed by atoms with Crippen LogP contribution in [0.2, 0.25) is 0 Å². The third-order valence-corrected chi connectivity index (χ3v) is 4.72. The van der Waals surface area contributed by atoms with Crippen LogP contribution < -0.4 is 0 Å². The number of halogens is 1. The van der Waals surface area contributed by atoms with Crippen molar-refractivity contribution in [3.05, 3.63) is 89.3 Å². The van der Waals surface area contributed by atoms with Crippen LogP contribution in [0.25, 0.3) is 16.7 Å². The van der Waals surface area contributed by atoms with Gasteiger partial charge in [0.1, 0.15) is 5.82 Å². The van der Waals surface area contributed by atoms with E-state index in [0.29, 0.717) is 5.56 Å². The van der Waals surface area contributed by atoms with Gasteiger partial charge in [0.2, 0.25) is 0 Å². The number of hydrogen-bond acceptors (Lipinski definition) is 0. The molecule has 0 unspecified atom stereocenters. The summed E-state index contributed by atoms with van der Waals surface area (Å²) in [7, 11) is 0. The summed E-state index contributed by atoms with van der Waals surface area (Å²) in [5.74, 6) is -0.159. The van der Waals surface area contributed by atoms with Crippen LogP contribution >= 0.6 is 0 Å². The molecule has 1 aliphatic rings. The average molecular weight is 332 g/mol. The normalized spacial score (nSPS) is 14.0. The van der Waals surface area contributed by atoms with Gasteiger partial charge in [0.25, 0.3) is 0 Å². The Hall–Kier alpha value is -2.41. The Bertz CT molecular complexity index is 820. The molecule has 0 fully saturated rings. The van der Waals surface area contributed by atoms with Crippen LogP contribution in [0.5, 0.6) is 0 Å². The highest BCUT2D eigenvalue weighted by molar-refractivity contribution is 5.73. The van der Waals surface area contributed by atoms with Gasteiger partial charge in [-0.05, 0) is 53.2 Å². The first kappa shape index (κ1) is 17.4. The zero-order valence-corrected chi connectivity index (χ0v) is 15.1. The second-order valence-electron chi connectivity index (χ2n) is 6.54. The van der Waals surface area contributed by atoms with Crippen molar-refractivity contribution in [2.24, 2.45) is 0 Å². The summed E-state index contributed by atoms with van der Waals surface area (Å²) < 4.78 is 14.7. The molecule has 0 bridgehead atoms. The molecular formula is C24H25F. The summed E-state index contributed by atoms with van der Waals surface area (Å²) in [6.07, 6.45) is 12.7. The summed E-state index contributed by atoms with van der Waals surface area (Å²) in [4.78, 5) is 0. The van der Waals surface area contributed by atoms with E-state index in [4.69, 9.17) is 0 Å². The van der Waals surface area contributed by atoms with Crippen molar-refractivity contribution in [1.82, 2.24) is 0 Å². The minimum atomic E-state index is -0.159.